The van der Waals surface area contributed by atoms with E-state index < -0.39 is 0 Å². The molecule has 2 aromatic carbocycles. The number of aryl methyl sites for hydroxylation is 2. The summed E-state index contributed by atoms with van der Waals surface area (Å²) >= 11 is 1.86. The van der Waals surface area contributed by atoms with E-state index in [0.717, 1.165) is 73.2 Å². The Bertz CT molecular complexity index is 1350. The van der Waals surface area contributed by atoms with Crippen molar-refractivity contribution in [3.63, 3.8) is 0 Å². The maximum atomic E-state index is 13.8. The van der Waals surface area contributed by atoms with E-state index >= 15 is 0 Å². The molecule has 4 aromatic rings. The van der Waals surface area contributed by atoms with Gasteiger partial charge in [0.2, 0.25) is 0 Å². The Labute approximate surface area is 209 Å². The van der Waals surface area contributed by atoms with Crippen LogP contribution in [0.15, 0.2) is 48.5 Å². The normalized spacial score (nSPS) is 16.1. The molecule has 1 fully saturated rings. The first-order chi connectivity index (χ1) is 17.2. The minimum absolute atomic E-state index is 0.222. The Morgan fingerprint density at radius 2 is 1.83 bits per heavy atom. The lowest BCUT2D eigenvalue weighted by atomic mass is 10.1. The van der Waals surface area contributed by atoms with Crippen molar-refractivity contribution < 1.29 is 9.13 Å². The maximum absolute atomic E-state index is 13.8. The molecular weight excluding hydrogens is 459 g/mol. The van der Waals surface area contributed by atoms with E-state index in [1.54, 1.807) is 19.2 Å². The molecule has 180 valence electrons. The van der Waals surface area contributed by atoms with Gasteiger partial charge in [0.15, 0.2) is 0 Å². The summed E-state index contributed by atoms with van der Waals surface area (Å²) < 4.78 is 19.3. The van der Waals surface area contributed by atoms with Gasteiger partial charge in [-0.25, -0.2) is 14.4 Å². The third-order valence-corrected chi connectivity index (χ3v) is 8.29. The third-order valence-electron chi connectivity index (χ3n) is 7.11. The first-order valence-corrected chi connectivity index (χ1v) is 13.1. The summed E-state index contributed by atoms with van der Waals surface area (Å²) in [6.07, 6.45) is 4.26. The second kappa shape index (κ2) is 9.55. The Kier molecular flexibility index (Phi) is 6.12. The van der Waals surface area contributed by atoms with Crippen LogP contribution in [0.25, 0.3) is 10.2 Å². The summed E-state index contributed by atoms with van der Waals surface area (Å²) in [5.41, 5.74) is 3.60. The van der Waals surface area contributed by atoms with Gasteiger partial charge in [-0.2, -0.15) is 0 Å². The Morgan fingerprint density at radius 1 is 1.00 bits per heavy atom. The average molecular weight is 489 g/mol. The number of thiophene rings is 1. The average Bonchev–Trinajstić information content (AvgIpc) is 3.46. The van der Waals surface area contributed by atoms with Crippen LogP contribution < -0.4 is 9.64 Å². The fourth-order valence-corrected chi connectivity index (χ4v) is 6.61. The van der Waals surface area contributed by atoms with Crippen LogP contribution in [0.3, 0.4) is 0 Å². The first kappa shape index (κ1) is 22.4. The summed E-state index contributed by atoms with van der Waals surface area (Å²) in [5.74, 6) is 2.51. The molecule has 0 saturated carbocycles. The fraction of sp³-hybridized carbons (Fsp3) is 0.357. The van der Waals surface area contributed by atoms with Gasteiger partial charge in [-0.15, -0.1) is 11.3 Å². The number of ether oxygens (including phenoxy) is 1. The van der Waals surface area contributed by atoms with Crippen LogP contribution in [0.5, 0.6) is 5.75 Å². The number of aromatic nitrogens is 2. The van der Waals surface area contributed by atoms with E-state index in [4.69, 9.17) is 14.7 Å². The number of benzene rings is 2. The highest BCUT2D eigenvalue weighted by molar-refractivity contribution is 7.19. The number of anilines is 1. The highest BCUT2D eigenvalue weighted by atomic mass is 32.1. The largest absolute Gasteiger partial charge is 0.496 e. The molecule has 1 aliphatic carbocycles. The molecular formula is C28H29FN4OS. The van der Waals surface area contributed by atoms with Gasteiger partial charge in [0.1, 0.15) is 28.0 Å². The topological polar surface area (TPSA) is 41.5 Å². The molecule has 0 atom stereocenters. The molecule has 2 aromatic heterocycles. The zero-order chi connectivity index (χ0) is 23.8. The van der Waals surface area contributed by atoms with E-state index in [0.29, 0.717) is 6.54 Å². The molecule has 0 bridgehead atoms. The lowest BCUT2D eigenvalue weighted by Crippen LogP contribution is -2.46. The van der Waals surface area contributed by atoms with Crippen molar-refractivity contribution in [3.8, 4) is 5.75 Å². The van der Waals surface area contributed by atoms with Crippen LogP contribution in [0, 0.1) is 5.82 Å². The van der Waals surface area contributed by atoms with E-state index in [2.05, 4.69) is 34.1 Å². The molecule has 5 nitrogen and oxygen atoms in total. The zero-order valence-electron chi connectivity index (χ0n) is 20.0. The highest BCUT2D eigenvalue weighted by Gasteiger charge is 2.27. The standard InChI is InChI=1S/C28H29FN4OS/c1-34-23-11-10-21(29)17-20(23)18-32-12-14-33(15-13-32)27-26-22-8-5-9-24(22)35-28(26)31-25(30-27)16-19-6-3-2-4-7-19/h2-4,6-7,10-11,17H,5,8-9,12-16,18H2,1H3. The molecule has 0 unspecified atom stereocenters. The van der Waals surface area contributed by atoms with Gasteiger partial charge < -0.3 is 9.64 Å². The predicted octanol–water partition coefficient (Wildman–Crippen LogP) is 5.24. The number of piperazine rings is 1. The molecule has 1 saturated heterocycles. The first-order valence-electron chi connectivity index (χ1n) is 12.3. The molecule has 6 rings (SSSR count). The Balaban J connectivity index is 1.26. The van der Waals surface area contributed by atoms with Crippen molar-refractivity contribution in [2.75, 3.05) is 38.2 Å². The summed E-state index contributed by atoms with van der Waals surface area (Å²) in [6, 6.07) is 15.2. The lowest BCUT2D eigenvalue weighted by Gasteiger charge is -2.36. The number of hydrogen-bond acceptors (Lipinski definition) is 6. The van der Waals surface area contributed by atoms with E-state index in [1.165, 1.54) is 33.9 Å². The van der Waals surface area contributed by atoms with Gasteiger partial charge in [0.05, 0.1) is 12.5 Å². The van der Waals surface area contributed by atoms with Crippen LogP contribution in [0.4, 0.5) is 10.2 Å². The smallest absolute Gasteiger partial charge is 0.141 e. The Morgan fingerprint density at radius 3 is 2.63 bits per heavy atom. The monoisotopic (exact) mass is 488 g/mol. The summed E-state index contributed by atoms with van der Waals surface area (Å²) in [6.45, 7) is 4.25. The molecule has 0 N–H and O–H groups in total. The zero-order valence-corrected chi connectivity index (χ0v) is 20.8. The SMILES string of the molecule is COc1ccc(F)cc1CN1CCN(c2nc(Cc3ccccc3)nc3sc4c(c23)CCC4)CC1. The molecule has 2 aliphatic rings. The summed E-state index contributed by atoms with van der Waals surface area (Å²) in [5, 5.41) is 1.28. The van der Waals surface area contributed by atoms with E-state index in [1.807, 2.05) is 17.4 Å². The maximum Gasteiger partial charge on any atom is 0.141 e. The van der Waals surface area contributed by atoms with Crippen LogP contribution in [-0.2, 0) is 25.8 Å². The molecule has 35 heavy (non-hydrogen) atoms. The summed E-state index contributed by atoms with van der Waals surface area (Å²) in [4.78, 5) is 17.6. The van der Waals surface area contributed by atoms with Gasteiger partial charge in [-0.05, 0) is 48.6 Å². The van der Waals surface area contributed by atoms with Gasteiger partial charge in [0.25, 0.3) is 0 Å². The number of methoxy groups -OCH3 is 1. The second-order valence-electron chi connectivity index (χ2n) is 9.38. The molecule has 0 spiro atoms. The number of fused-ring (bicyclic) bond motifs is 3. The van der Waals surface area contributed by atoms with Gasteiger partial charge in [-0.1, -0.05) is 30.3 Å². The van der Waals surface area contributed by atoms with Crippen molar-refractivity contribution in [1.29, 1.82) is 0 Å². The molecule has 0 radical (unpaired) electrons. The van der Waals surface area contributed by atoms with E-state index in [9.17, 15) is 4.39 Å². The predicted molar refractivity (Wildman–Crippen MR) is 139 cm³/mol. The molecule has 3 heterocycles. The number of rotatable bonds is 6. The summed E-state index contributed by atoms with van der Waals surface area (Å²) in [7, 11) is 1.64. The van der Waals surface area contributed by atoms with Gasteiger partial charge in [0, 0.05) is 49.6 Å². The fourth-order valence-electron chi connectivity index (χ4n) is 5.34. The second-order valence-corrected chi connectivity index (χ2v) is 10.5. The minimum Gasteiger partial charge on any atom is -0.496 e. The molecule has 7 heteroatoms. The minimum atomic E-state index is -0.222. The van der Waals surface area contributed by atoms with Crippen LogP contribution in [-0.4, -0.2) is 48.2 Å². The van der Waals surface area contributed by atoms with Crippen LogP contribution >= 0.6 is 11.3 Å². The van der Waals surface area contributed by atoms with E-state index in [-0.39, 0.29) is 5.82 Å². The van der Waals surface area contributed by atoms with Crippen molar-refractivity contribution in [1.82, 2.24) is 14.9 Å². The molecule has 0 amide bonds. The molecule has 1 aliphatic heterocycles. The van der Waals surface area contributed by atoms with Gasteiger partial charge >= 0.3 is 0 Å². The number of hydrogen-bond donors (Lipinski definition) is 0. The van der Waals surface area contributed by atoms with Crippen molar-refractivity contribution >= 4 is 27.4 Å². The van der Waals surface area contributed by atoms with Gasteiger partial charge in [-0.3, -0.25) is 4.90 Å². The third kappa shape index (κ3) is 4.50. The number of halogens is 1. The highest BCUT2D eigenvalue weighted by Crippen LogP contribution is 2.41. The van der Waals surface area contributed by atoms with Crippen LogP contribution in [0.1, 0.15) is 33.8 Å². The van der Waals surface area contributed by atoms with Crippen molar-refractivity contribution in [3.05, 3.63) is 81.7 Å². The Hall–Kier alpha value is -3.03. The van der Waals surface area contributed by atoms with Crippen LogP contribution in [0.2, 0.25) is 0 Å². The van der Waals surface area contributed by atoms with Crippen molar-refractivity contribution in [2.24, 2.45) is 0 Å². The quantitative estimate of drug-likeness (QED) is 0.371. The van der Waals surface area contributed by atoms with Crippen molar-refractivity contribution in [2.45, 2.75) is 32.2 Å². The number of nitrogens with zero attached hydrogens (tertiary/aromatic N) is 4. The lowest BCUT2D eigenvalue weighted by molar-refractivity contribution is 0.245.